The number of fused-ring (bicyclic) bond motifs is 1. The maximum absolute atomic E-state index is 12.7. The molecular weight excluding hydrogens is 444 g/mol. The van der Waals surface area contributed by atoms with E-state index in [-0.39, 0.29) is 37.2 Å². The number of carbonyl (C=O) groups is 3. The first-order chi connectivity index (χ1) is 16.8. The van der Waals surface area contributed by atoms with E-state index in [0.717, 1.165) is 46.1 Å². The molecule has 184 valence electrons. The maximum Gasteiger partial charge on any atom is 0.326 e. The van der Waals surface area contributed by atoms with E-state index in [2.05, 4.69) is 15.6 Å². The Balaban J connectivity index is 1.32. The van der Waals surface area contributed by atoms with Crippen LogP contribution < -0.4 is 10.6 Å². The number of aryl methyl sites for hydroxylation is 2. The molecule has 4 N–H and O–H groups in total. The van der Waals surface area contributed by atoms with Crippen molar-refractivity contribution in [3.63, 3.8) is 0 Å². The molecule has 1 fully saturated rings. The minimum absolute atomic E-state index is 0.113. The number of aromatic nitrogens is 1. The lowest BCUT2D eigenvalue weighted by molar-refractivity contribution is -0.141. The molecule has 0 aliphatic heterocycles. The standard InChI is InChI=1S/C27H32N4O4/c1-17-6-5-7-18(2)26(17)30-25(33)16-31(20-10-11-20)13-12-24(32)29-23(27(34)35)14-19-15-28-22-9-4-3-8-21(19)22/h3-9,15,20,23,28H,10-14,16H2,1-2H3,(H,29,32)(H,30,33)(H,34,35). The number of carboxylic acid groups (broad SMARTS) is 1. The number of aromatic amines is 1. The number of para-hydroxylation sites is 2. The van der Waals surface area contributed by atoms with E-state index in [1.165, 1.54) is 0 Å². The van der Waals surface area contributed by atoms with Gasteiger partial charge in [-0.05, 0) is 49.4 Å². The van der Waals surface area contributed by atoms with Crippen molar-refractivity contribution in [1.82, 2.24) is 15.2 Å². The second-order valence-corrected chi connectivity index (χ2v) is 9.29. The topological polar surface area (TPSA) is 115 Å². The quantitative estimate of drug-likeness (QED) is 0.339. The van der Waals surface area contributed by atoms with Crippen LogP contribution in [-0.4, -0.2) is 57.9 Å². The number of hydrogen-bond donors (Lipinski definition) is 4. The zero-order valence-corrected chi connectivity index (χ0v) is 20.1. The fourth-order valence-electron chi connectivity index (χ4n) is 4.44. The number of rotatable bonds is 11. The molecule has 8 nitrogen and oxygen atoms in total. The Labute approximate surface area is 204 Å². The Morgan fingerprint density at radius 3 is 2.46 bits per heavy atom. The average Bonchev–Trinajstić information content (AvgIpc) is 3.59. The summed E-state index contributed by atoms with van der Waals surface area (Å²) in [4.78, 5) is 42.4. The first-order valence-corrected chi connectivity index (χ1v) is 12.0. The second-order valence-electron chi connectivity index (χ2n) is 9.29. The molecule has 1 aromatic heterocycles. The van der Waals surface area contributed by atoms with E-state index in [1.54, 1.807) is 6.20 Å². The molecule has 4 rings (SSSR count). The number of anilines is 1. The van der Waals surface area contributed by atoms with Crippen LogP contribution in [0.3, 0.4) is 0 Å². The van der Waals surface area contributed by atoms with Crippen molar-refractivity contribution in [3.05, 3.63) is 65.4 Å². The number of benzene rings is 2. The Bertz CT molecular complexity index is 1210. The molecule has 1 aliphatic carbocycles. The van der Waals surface area contributed by atoms with Gasteiger partial charge in [0.05, 0.1) is 6.54 Å². The fraction of sp³-hybridized carbons (Fsp3) is 0.370. The van der Waals surface area contributed by atoms with Gasteiger partial charge in [0.2, 0.25) is 11.8 Å². The Kier molecular flexibility index (Phi) is 7.51. The van der Waals surface area contributed by atoms with E-state index in [9.17, 15) is 19.5 Å². The van der Waals surface area contributed by atoms with Crippen LogP contribution in [0.4, 0.5) is 5.69 Å². The summed E-state index contributed by atoms with van der Waals surface area (Å²) in [5.41, 5.74) is 4.61. The smallest absolute Gasteiger partial charge is 0.326 e. The molecule has 1 unspecified atom stereocenters. The molecule has 35 heavy (non-hydrogen) atoms. The van der Waals surface area contributed by atoms with Gasteiger partial charge in [0.1, 0.15) is 6.04 Å². The molecular formula is C27H32N4O4. The molecule has 3 aromatic rings. The van der Waals surface area contributed by atoms with E-state index in [0.29, 0.717) is 6.54 Å². The van der Waals surface area contributed by atoms with Crippen LogP contribution in [0.5, 0.6) is 0 Å². The largest absolute Gasteiger partial charge is 0.480 e. The van der Waals surface area contributed by atoms with Crippen LogP contribution in [-0.2, 0) is 20.8 Å². The fourth-order valence-corrected chi connectivity index (χ4v) is 4.44. The third kappa shape index (κ3) is 6.27. The SMILES string of the molecule is Cc1cccc(C)c1NC(=O)CN(CCC(=O)NC(Cc1c[nH]c2ccccc12)C(=O)O)C1CC1. The van der Waals surface area contributed by atoms with Gasteiger partial charge in [-0.2, -0.15) is 0 Å². The van der Waals surface area contributed by atoms with Crippen LogP contribution in [0, 0.1) is 13.8 Å². The minimum Gasteiger partial charge on any atom is -0.480 e. The van der Waals surface area contributed by atoms with Crippen molar-refractivity contribution in [2.45, 2.75) is 51.6 Å². The first-order valence-electron chi connectivity index (χ1n) is 12.0. The lowest BCUT2D eigenvalue weighted by Gasteiger charge is -2.22. The van der Waals surface area contributed by atoms with Crippen molar-refractivity contribution >= 4 is 34.4 Å². The predicted octanol–water partition coefficient (Wildman–Crippen LogP) is 3.39. The number of amides is 2. The summed E-state index contributed by atoms with van der Waals surface area (Å²) in [7, 11) is 0. The van der Waals surface area contributed by atoms with Crippen LogP contribution >= 0.6 is 0 Å². The first kappa shape index (κ1) is 24.5. The van der Waals surface area contributed by atoms with E-state index >= 15 is 0 Å². The zero-order chi connectivity index (χ0) is 24.9. The normalized spacial score (nSPS) is 14.1. The van der Waals surface area contributed by atoms with Crippen molar-refractivity contribution in [2.75, 3.05) is 18.4 Å². The Hall–Kier alpha value is -3.65. The summed E-state index contributed by atoms with van der Waals surface area (Å²) in [5.74, 6) is -1.52. The van der Waals surface area contributed by atoms with Gasteiger partial charge in [-0.3, -0.25) is 14.5 Å². The van der Waals surface area contributed by atoms with Crippen LogP contribution in [0.1, 0.15) is 36.0 Å². The van der Waals surface area contributed by atoms with Gasteiger partial charge in [0, 0.05) is 48.2 Å². The molecule has 0 bridgehead atoms. The van der Waals surface area contributed by atoms with Crippen molar-refractivity contribution < 1.29 is 19.5 Å². The summed E-state index contributed by atoms with van der Waals surface area (Å²) >= 11 is 0. The highest BCUT2D eigenvalue weighted by atomic mass is 16.4. The summed E-state index contributed by atoms with van der Waals surface area (Å²) in [6, 6.07) is 12.8. The number of H-pyrrole nitrogens is 1. The number of aliphatic carboxylic acids is 1. The van der Waals surface area contributed by atoms with Gasteiger partial charge >= 0.3 is 5.97 Å². The molecule has 2 amide bonds. The van der Waals surface area contributed by atoms with Gasteiger partial charge < -0.3 is 20.7 Å². The van der Waals surface area contributed by atoms with Gasteiger partial charge in [0.25, 0.3) is 0 Å². The molecule has 0 radical (unpaired) electrons. The van der Waals surface area contributed by atoms with Crippen LogP contribution in [0.2, 0.25) is 0 Å². The summed E-state index contributed by atoms with van der Waals surface area (Å²) in [6.07, 6.45) is 4.10. The Morgan fingerprint density at radius 1 is 1.06 bits per heavy atom. The summed E-state index contributed by atoms with van der Waals surface area (Å²) < 4.78 is 0. The Morgan fingerprint density at radius 2 is 1.77 bits per heavy atom. The van der Waals surface area contributed by atoms with Crippen LogP contribution in [0.25, 0.3) is 10.9 Å². The van der Waals surface area contributed by atoms with Gasteiger partial charge in [0.15, 0.2) is 0 Å². The molecule has 0 spiro atoms. The second kappa shape index (κ2) is 10.7. The zero-order valence-electron chi connectivity index (χ0n) is 20.1. The molecule has 8 heteroatoms. The number of nitrogens with one attached hydrogen (secondary N) is 3. The number of carboxylic acids is 1. The summed E-state index contributed by atoms with van der Waals surface area (Å²) in [6.45, 7) is 4.51. The highest BCUT2D eigenvalue weighted by molar-refractivity contribution is 5.94. The molecule has 1 aliphatic rings. The third-order valence-corrected chi connectivity index (χ3v) is 6.51. The lowest BCUT2D eigenvalue weighted by atomic mass is 10.0. The van der Waals surface area contributed by atoms with Crippen molar-refractivity contribution in [3.8, 4) is 0 Å². The minimum atomic E-state index is -1.07. The van der Waals surface area contributed by atoms with E-state index in [1.807, 2.05) is 61.2 Å². The molecule has 1 atom stereocenters. The summed E-state index contributed by atoms with van der Waals surface area (Å²) in [5, 5.41) is 16.3. The van der Waals surface area contributed by atoms with Crippen molar-refractivity contribution in [1.29, 1.82) is 0 Å². The van der Waals surface area contributed by atoms with Crippen molar-refractivity contribution in [2.24, 2.45) is 0 Å². The van der Waals surface area contributed by atoms with Gasteiger partial charge in [-0.1, -0.05) is 36.4 Å². The predicted molar refractivity (Wildman–Crippen MR) is 135 cm³/mol. The van der Waals surface area contributed by atoms with Gasteiger partial charge in [-0.25, -0.2) is 4.79 Å². The van der Waals surface area contributed by atoms with Gasteiger partial charge in [-0.15, -0.1) is 0 Å². The molecule has 1 saturated carbocycles. The molecule has 0 saturated heterocycles. The van der Waals surface area contributed by atoms with E-state index < -0.39 is 12.0 Å². The molecule has 1 heterocycles. The monoisotopic (exact) mass is 476 g/mol. The number of nitrogens with zero attached hydrogens (tertiary/aromatic N) is 1. The average molecular weight is 477 g/mol. The highest BCUT2D eigenvalue weighted by Gasteiger charge is 2.31. The molecule has 2 aromatic carbocycles. The lowest BCUT2D eigenvalue weighted by Crippen LogP contribution is -2.44. The number of carbonyl (C=O) groups excluding carboxylic acids is 2. The highest BCUT2D eigenvalue weighted by Crippen LogP contribution is 2.27. The third-order valence-electron chi connectivity index (χ3n) is 6.51. The number of hydrogen-bond acceptors (Lipinski definition) is 4. The van der Waals surface area contributed by atoms with E-state index in [4.69, 9.17) is 0 Å². The maximum atomic E-state index is 12.7. The van der Waals surface area contributed by atoms with Crippen LogP contribution in [0.15, 0.2) is 48.7 Å².